The zero-order valence-corrected chi connectivity index (χ0v) is 13.0. The minimum atomic E-state index is -1.51. The first-order valence-corrected chi connectivity index (χ1v) is 7.35. The van der Waals surface area contributed by atoms with E-state index < -0.39 is 43.2 Å². The van der Waals surface area contributed by atoms with E-state index in [2.05, 4.69) is 26.8 Å². The van der Waals surface area contributed by atoms with Crippen molar-refractivity contribution in [2.45, 2.75) is 30.6 Å². The van der Waals surface area contributed by atoms with Crippen LogP contribution in [0.15, 0.2) is 28.7 Å². The lowest BCUT2D eigenvalue weighted by atomic mass is 9.99. The van der Waals surface area contributed by atoms with Gasteiger partial charge in [-0.25, -0.2) is 5.43 Å². The van der Waals surface area contributed by atoms with Gasteiger partial charge in [0.15, 0.2) is 6.23 Å². The molecule has 0 saturated carbocycles. The zero-order valence-electron chi connectivity index (χ0n) is 11.4. The van der Waals surface area contributed by atoms with Crippen LogP contribution in [0.4, 0.5) is 0 Å². The summed E-state index contributed by atoms with van der Waals surface area (Å²) in [5.74, 6) is -0.474. The summed E-state index contributed by atoms with van der Waals surface area (Å²) < 4.78 is 5.93. The van der Waals surface area contributed by atoms with Gasteiger partial charge >= 0.3 is 0 Å². The number of nitrogens with one attached hydrogen (secondary N) is 2. The third-order valence-electron chi connectivity index (χ3n) is 3.31. The van der Waals surface area contributed by atoms with Gasteiger partial charge in [-0.3, -0.25) is 10.2 Å². The molecule has 0 bridgehead atoms. The Morgan fingerprint density at radius 3 is 2.59 bits per heavy atom. The van der Waals surface area contributed by atoms with E-state index in [9.17, 15) is 20.1 Å². The van der Waals surface area contributed by atoms with Gasteiger partial charge in [-0.15, -0.1) is 0 Å². The van der Waals surface area contributed by atoms with E-state index in [1.54, 1.807) is 24.3 Å². The number of hydrogen-bond donors (Lipinski definition) is 6. The van der Waals surface area contributed by atoms with E-state index >= 15 is 0 Å². The SMILES string of the molecule is O=C(NN[C@@H]1O[C@@H](CO)[C@@H](O)[C@@H](O)[C@H]1O)c1cccc(Br)c1. The molecule has 1 aliphatic rings. The van der Waals surface area contributed by atoms with Crippen LogP contribution < -0.4 is 10.9 Å². The maximum atomic E-state index is 12.0. The first-order valence-electron chi connectivity index (χ1n) is 6.56. The first-order chi connectivity index (χ1) is 10.4. The van der Waals surface area contributed by atoms with Crippen molar-refractivity contribution in [2.24, 2.45) is 0 Å². The number of halogens is 1. The van der Waals surface area contributed by atoms with Gasteiger partial charge in [-0.2, -0.15) is 0 Å². The molecule has 0 unspecified atom stereocenters. The Hall–Kier alpha value is -1.07. The molecule has 0 aliphatic carbocycles. The smallest absolute Gasteiger partial charge is 0.265 e. The van der Waals surface area contributed by atoms with Crippen LogP contribution in [0.25, 0.3) is 0 Å². The van der Waals surface area contributed by atoms with E-state index in [4.69, 9.17) is 9.84 Å². The molecule has 1 aliphatic heterocycles. The van der Waals surface area contributed by atoms with E-state index in [0.29, 0.717) is 5.56 Å². The first kappa shape index (κ1) is 17.3. The zero-order chi connectivity index (χ0) is 16.3. The molecule has 6 N–H and O–H groups in total. The summed E-state index contributed by atoms with van der Waals surface area (Å²) in [6.45, 7) is -0.539. The number of hydrazine groups is 1. The highest BCUT2D eigenvalue weighted by Gasteiger charge is 2.43. The number of aliphatic hydroxyl groups excluding tert-OH is 4. The lowest BCUT2D eigenvalue weighted by molar-refractivity contribution is -0.238. The molecule has 2 rings (SSSR count). The Labute approximate surface area is 134 Å². The van der Waals surface area contributed by atoms with Crippen molar-refractivity contribution in [3.63, 3.8) is 0 Å². The molecular formula is C13H17BrN2O6. The van der Waals surface area contributed by atoms with Gasteiger partial charge in [0.05, 0.1) is 6.61 Å². The summed E-state index contributed by atoms with van der Waals surface area (Å²) in [7, 11) is 0. The van der Waals surface area contributed by atoms with E-state index in [1.165, 1.54) is 0 Å². The predicted octanol–water partition coefficient (Wildman–Crippen LogP) is -1.52. The molecule has 1 aromatic carbocycles. The van der Waals surface area contributed by atoms with Crippen LogP contribution in [-0.4, -0.2) is 63.6 Å². The summed E-state index contributed by atoms with van der Waals surface area (Å²) in [5.41, 5.74) is 5.14. The summed E-state index contributed by atoms with van der Waals surface area (Å²) >= 11 is 3.25. The molecule has 1 aromatic rings. The third kappa shape index (κ3) is 3.82. The molecule has 1 fully saturated rings. The van der Waals surface area contributed by atoms with Crippen LogP contribution in [0.3, 0.4) is 0 Å². The van der Waals surface area contributed by atoms with Crippen LogP contribution in [0.1, 0.15) is 10.4 Å². The van der Waals surface area contributed by atoms with Crippen molar-refractivity contribution in [2.75, 3.05) is 6.61 Å². The van der Waals surface area contributed by atoms with Crippen molar-refractivity contribution in [1.29, 1.82) is 0 Å². The lowest BCUT2D eigenvalue weighted by Gasteiger charge is -2.40. The topological polar surface area (TPSA) is 131 Å². The largest absolute Gasteiger partial charge is 0.394 e. The number of aliphatic hydroxyl groups is 4. The highest BCUT2D eigenvalue weighted by atomic mass is 79.9. The Bertz CT molecular complexity index is 529. The maximum Gasteiger partial charge on any atom is 0.265 e. The van der Waals surface area contributed by atoms with Gasteiger partial charge < -0.3 is 25.2 Å². The number of ether oxygens (including phenoxy) is 1. The number of carbonyl (C=O) groups excluding carboxylic acids is 1. The second kappa shape index (κ2) is 7.47. The van der Waals surface area contributed by atoms with Gasteiger partial charge in [0.2, 0.25) is 0 Å². The van der Waals surface area contributed by atoms with Crippen LogP contribution in [-0.2, 0) is 4.74 Å². The highest BCUT2D eigenvalue weighted by molar-refractivity contribution is 9.10. The van der Waals surface area contributed by atoms with Gasteiger partial charge in [-0.05, 0) is 18.2 Å². The van der Waals surface area contributed by atoms with Gasteiger partial charge in [0.1, 0.15) is 24.4 Å². The molecular weight excluding hydrogens is 360 g/mol. The molecule has 122 valence electrons. The Kier molecular flexibility index (Phi) is 5.87. The van der Waals surface area contributed by atoms with Crippen molar-refractivity contribution in [3.05, 3.63) is 34.3 Å². The van der Waals surface area contributed by atoms with Crippen LogP contribution in [0.2, 0.25) is 0 Å². The summed E-state index contributed by atoms with van der Waals surface area (Å²) in [6, 6.07) is 6.65. The molecule has 9 heteroatoms. The monoisotopic (exact) mass is 376 g/mol. The second-order valence-electron chi connectivity index (χ2n) is 4.86. The number of rotatable bonds is 4. The van der Waals surface area contributed by atoms with E-state index in [1.807, 2.05) is 0 Å². The van der Waals surface area contributed by atoms with Crippen LogP contribution in [0.5, 0.6) is 0 Å². The fourth-order valence-electron chi connectivity index (χ4n) is 2.06. The molecule has 1 amide bonds. The number of hydrogen-bond acceptors (Lipinski definition) is 7. The van der Waals surface area contributed by atoms with Crippen molar-refractivity contribution < 1.29 is 30.0 Å². The molecule has 1 heterocycles. The molecule has 1 saturated heterocycles. The lowest BCUT2D eigenvalue weighted by Crippen LogP contribution is -2.64. The fraction of sp³-hybridized carbons (Fsp3) is 0.462. The summed E-state index contributed by atoms with van der Waals surface area (Å²) in [4.78, 5) is 12.0. The molecule has 0 aromatic heterocycles. The van der Waals surface area contributed by atoms with E-state index in [0.717, 1.165) is 4.47 Å². The molecule has 22 heavy (non-hydrogen) atoms. The molecule has 8 nitrogen and oxygen atoms in total. The number of carbonyl (C=O) groups is 1. The summed E-state index contributed by atoms with van der Waals surface area (Å²) in [6.07, 6.45) is -6.64. The number of benzene rings is 1. The average Bonchev–Trinajstić information content (AvgIpc) is 2.51. The minimum absolute atomic E-state index is 0.367. The van der Waals surface area contributed by atoms with Gasteiger partial charge in [-0.1, -0.05) is 22.0 Å². The standard InChI is InChI=1S/C13H17BrN2O6/c14-7-3-1-2-6(4-7)12(21)15-16-13-11(20)10(19)9(18)8(5-17)22-13/h1-4,8-11,13,16-20H,5H2,(H,15,21)/t8-,9+,10+,11+,13+/m0/s1. The Morgan fingerprint density at radius 2 is 1.95 bits per heavy atom. The summed E-state index contributed by atoms with van der Waals surface area (Å²) in [5, 5.41) is 38.2. The Morgan fingerprint density at radius 1 is 1.23 bits per heavy atom. The van der Waals surface area contributed by atoms with Crippen molar-refractivity contribution in [1.82, 2.24) is 10.9 Å². The minimum Gasteiger partial charge on any atom is -0.394 e. The maximum absolute atomic E-state index is 12.0. The normalized spacial score (nSPS) is 31.8. The van der Waals surface area contributed by atoms with Crippen molar-refractivity contribution >= 4 is 21.8 Å². The predicted molar refractivity (Wildman–Crippen MR) is 78.5 cm³/mol. The fourth-order valence-corrected chi connectivity index (χ4v) is 2.46. The Balaban J connectivity index is 1.97. The molecule has 5 atom stereocenters. The number of amides is 1. The quantitative estimate of drug-likeness (QED) is 0.352. The third-order valence-corrected chi connectivity index (χ3v) is 3.80. The molecule has 0 radical (unpaired) electrons. The van der Waals surface area contributed by atoms with E-state index in [-0.39, 0.29) is 0 Å². The average molecular weight is 377 g/mol. The second-order valence-corrected chi connectivity index (χ2v) is 5.77. The highest BCUT2D eigenvalue weighted by Crippen LogP contribution is 2.19. The van der Waals surface area contributed by atoms with Crippen LogP contribution >= 0.6 is 15.9 Å². The van der Waals surface area contributed by atoms with Crippen LogP contribution in [0, 0.1) is 0 Å². The van der Waals surface area contributed by atoms with Gasteiger partial charge in [0, 0.05) is 10.0 Å². The van der Waals surface area contributed by atoms with Crippen molar-refractivity contribution in [3.8, 4) is 0 Å². The molecule has 0 spiro atoms. The van der Waals surface area contributed by atoms with Gasteiger partial charge in [0.25, 0.3) is 5.91 Å².